The summed E-state index contributed by atoms with van der Waals surface area (Å²) in [6.07, 6.45) is 4.00. The molecule has 0 spiro atoms. The van der Waals surface area contributed by atoms with E-state index in [0.29, 0.717) is 13.0 Å². The van der Waals surface area contributed by atoms with Crippen LogP contribution in [0.1, 0.15) is 25.8 Å². The van der Waals surface area contributed by atoms with E-state index in [1.54, 1.807) is 23.7 Å². The minimum Gasteiger partial charge on any atom is -0.468 e. The highest BCUT2D eigenvalue weighted by Gasteiger charge is 2.38. The third kappa shape index (κ3) is 5.03. The van der Waals surface area contributed by atoms with Gasteiger partial charge in [-0.15, -0.1) is 0 Å². The normalized spacial score (nSPS) is 14.8. The zero-order valence-corrected chi connectivity index (χ0v) is 16.7. The largest absolute Gasteiger partial charge is 0.468 e. The molecule has 1 aromatic carbocycles. The first kappa shape index (κ1) is 20.3. The number of carbonyl (C=O) groups excluding carboxylic acids is 1. The second-order valence-corrected chi connectivity index (χ2v) is 9.63. The molecule has 2 atom stereocenters. The van der Waals surface area contributed by atoms with Gasteiger partial charge in [-0.2, -0.15) is 0 Å². The molecule has 0 aliphatic carbocycles. The van der Waals surface area contributed by atoms with Crippen molar-refractivity contribution in [3.8, 4) is 0 Å². The monoisotopic (exact) mass is 374 g/mol. The van der Waals surface area contributed by atoms with Crippen molar-refractivity contribution in [2.45, 2.75) is 32.9 Å². The van der Waals surface area contributed by atoms with Crippen molar-refractivity contribution in [1.29, 1.82) is 0 Å². The van der Waals surface area contributed by atoms with Gasteiger partial charge in [0.25, 0.3) is 0 Å². The lowest BCUT2D eigenvalue weighted by molar-refractivity contribution is -0.145. The number of carbonyl (C=O) groups is 1. The van der Waals surface area contributed by atoms with Gasteiger partial charge in [-0.05, 0) is 24.0 Å². The van der Waals surface area contributed by atoms with Gasteiger partial charge in [0.2, 0.25) is 0 Å². The van der Waals surface area contributed by atoms with E-state index in [0.717, 1.165) is 10.9 Å². The molecule has 0 aliphatic rings. The molecule has 0 amide bonds. The summed E-state index contributed by atoms with van der Waals surface area (Å²) in [6.45, 7) is 6.17. The third-order valence-electron chi connectivity index (χ3n) is 4.32. The van der Waals surface area contributed by atoms with Gasteiger partial charge in [0.05, 0.1) is 7.11 Å². The minimum absolute atomic E-state index is 0.256. The van der Waals surface area contributed by atoms with Gasteiger partial charge in [0, 0.05) is 30.9 Å². The van der Waals surface area contributed by atoms with Crippen LogP contribution in [0.2, 0.25) is 0 Å². The third-order valence-corrected chi connectivity index (χ3v) is 6.98. The molecule has 0 radical (unpaired) electrons. The van der Waals surface area contributed by atoms with Crippen molar-refractivity contribution in [1.82, 2.24) is 9.65 Å². The molecule has 6 heteroatoms. The van der Waals surface area contributed by atoms with E-state index < -0.39 is 13.3 Å². The zero-order valence-electron chi connectivity index (χ0n) is 15.8. The number of nitrogens with zero attached hydrogens (tertiary/aromatic N) is 2. The van der Waals surface area contributed by atoms with E-state index in [9.17, 15) is 9.36 Å². The van der Waals surface area contributed by atoms with Gasteiger partial charge in [-0.1, -0.05) is 50.2 Å². The molecule has 1 aromatic heterocycles. The number of benzene rings is 1. The van der Waals surface area contributed by atoms with Crippen molar-refractivity contribution < 1.29 is 14.1 Å². The van der Waals surface area contributed by atoms with Crippen LogP contribution < -0.4 is 5.30 Å². The Morgan fingerprint density at radius 2 is 1.88 bits per heavy atom. The number of ether oxygens (including phenoxy) is 1. The number of esters is 1. The maximum Gasteiger partial charge on any atom is 0.323 e. The second-order valence-electron chi connectivity index (χ2n) is 6.84. The molecule has 0 N–H and O–H groups in total. The molecule has 0 bridgehead atoms. The molecule has 0 saturated heterocycles. The first-order valence-corrected chi connectivity index (χ1v) is 10.8. The quantitative estimate of drug-likeness (QED) is 0.521. The molecule has 2 aromatic rings. The number of pyridine rings is 1. The smallest absolute Gasteiger partial charge is 0.323 e. The predicted octanol–water partition coefficient (Wildman–Crippen LogP) is 3.70. The molecule has 140 valence electrons. The van der Waals surface area contributed by atoms with Crippen LogP contribution in [0.25, 0.3) is 0 Å². The first-order chi connectivity index (χ1) is 12.4. The molecular formula is C20H27N2O3P. The minimum atomic E-state index is -3.00. The van der Waals surface area contributed by atoms with Crippen molar-refractivity contribution in [2.75, 3.05) is 13.8 Å². The van der Waals surface area contributed by atoms with E-state index >= 15 is 0 Å². The lowest BCUT2D eigenvalue weighted by Crippen LogP contribution is -2.42. The van der Waals surface area contributed by atoms with Gasteiger partial charge in [-0.3, -0.25) is 9.78 Å². The lowest BCUT2D eigenvalue weighted by atomic mass is 10.0. The summed E-state index contributed by atoms with van der Waals surface area (Å²) in [5.74, 6) is -0.105. The maximum atomic E-state index is 13.9. The maximum absolute atomic E-state index is 13.9. The molecule has 5 nitrogen and oxygen atoms in total. The summed E-state index contributed by atoms with van der Waals surface area (Å²) in [6, 6.07) is 12.5. The summed E-state index contributed by atoms with van der Waals surface area (Å²) < 4.78 is 20.7. The Hall–Kier alpha value is -1.97. The van der Waals surface area contributed by atoms with Gasteiger partial charge >= 0.3 is 5.97 Å². The number of aromatic nitrogens is 1. The van der Waals surface area contributed by atoms with Gasteiger partial charge in [0.1, 0.15) is 6.04 Å². The molecule has 1 heterocycles. The van der Waals surface area contributed by atoms with Gasteiger partial charge < -0.3 is 9.30 Å². The van der Waals surface area contributed by atoms with E-state index in [4.69, 9.17) is 4.74 Å². The van der Waals surface area contributed by atoms with E-state index in [-0.39, 0.29) is 11.9 Å². The van der Waals surface area contributed by atoms with Crippen LogP contribution in [-0.4, -0.2) is 35.4 Å². The predicted molar refractivity (Wildman–Crippen MR) is 105 cm³/mol. The fraction of sp³-hybridized carbons (Fsp3) is 0.400. The molecule has 2 rings (SSSR count). The molecule has 1 unspecified atom stereocenters. The summed E-state index contributed by atoms with van der Waals surface area (Å²) in [5, 5.41) is 0.724. The highest BCUT2D eigenvalue weighted by atomic mass is 31.2. The Bertz CT molecular complexity index is 750. The molecule has 0 saturated carbocycles. The van der Waals surface area contributed by atoms with Crippen molar-refractivity contribution in [3.05, 3.63) is 60.4 Å². The zero-order chi connectivity index (χ0) is 19.2. The fourth-order valence-electron chi connectivity index (χ4n) is 2.96. The summed E-state index contributed by atoms with van der Waals surface area (Å²) in [4.78, 5) is 16.7. The Balaban J connectivity index is 2.49. The van der Waals surface area contributed by atoms with Crippen LogP contribution in [0.4, 0.5) is 0 Å². The van der Waals surface area contributed by atoms with Crippen LogP contribution in [0.5, 0.6) is 0 Å². The van der Waals surface area contributed by atoms with E-state index in [2.05, 4.69) is 4.98 Å². The molecule has 0 fully saturated rings. The standard InChI is InChI=1S/C20H27N2O3P/c1-16(2)13-19(20(23)25-3)22(15-17-9-8-12-21-14-17)26(4,24)18-10-6-5-7-11-18/h5-12,14,16,19H,13,15H2,1-4H3/t19-,26?/m1/s1. The van der Waals surface area contributed by atoms with Crippen LogP contribution in [-0.2, 0) is 20.6 Å². The van der Waals surface area contributed by atoms with Crippen molar-refractivity contribution >= 4 is 18.6 Å². The molecular weight excluding hydrogens is 347 g/mol. The Labute approximate surface area is 155 Å². The lowest BCUT2D eigenvalue weighted by Gasteiger charge is -2.35. The van der Waals surface area contributed by atoms with Gasteiger partial charge in [-0.25, -0.2) is 4.67 Å². The topological polar surface area (TPSA) is 59.5 Å². The van der Waals surface area contributed by atoms with Gasteiger partial charge in [0.15, 0.2) is 7.29 Å². The average molecular weight is 374 g/mol. The highest BCUT2D eigenvalue weighted by molar-refractivity contribution is 7.68. The van der Waals surface area contributed by atoms with Crippen LogP contribution in [0, 0.1) is 5.92 Å². The Morgan fingerprint density at radius 1 is 1.19 bits per heavy atom. The van der Waals surface area contributed by atoms with Crippen LogP contribution in [0.15, 0.2) is 54.9 Å². The number of hydrogen-bond donors (Lipinski definition) is 0. The number of methoxy groups -OCH3 is 1. The number of rotatable bonds is 8. The van der Waals surface area contributed by atoms with Crippen LogP contribution >= 0.6 is 7.29 Å². The molecule has 0 aliphatic heterocycles. The summed E-state index contributed by atoms with van der Waals surface area (Å²) in [5.41, 5.74) is 0.906. The second kappa shape index (κ2) is 9.11. The Morgan fingerprint density at radius 3 is 2.42 bits per heavy atom. The van der Waals surface area contributed by atoms with Crippen molar-refractivity contribution in [3.63, 3.8) is 0 Å². The average Bonchev–Trinajstić information content (AvgIpc) is 2.65. The van der Waals surface area contributed by atoms with E-state index in [1.807, 2.05) is 56.3 Å². The summed E-state index contributed by atoms with van der Waals surface area (Å²) >= 11 is 0. The molecule has 26 heavy (non-hydrogen) atoms. The SMILES string of the molecule is COC(=O)[C@@H](CC(C)C)N(Cc1cccnc1)P(C)(=O)c1ccccc1. The Kier molecular flexibility index (Phi) is 7.13. The highest BCUT2D eigenvalue weighted by Crippen LogP contribution is 2.48. The first-order valence-electron chi connectivity index (χ1n) is 8.73. The van der Waals surface area contributed by atoms with Crippen LogP contribution in [0.3, 0.4) is 0 Å². The fourth-order valence-corrected chi connectivity index (χ4v) is 5.14. The van der Waals surface area contributed by atoms with Crippen molar-refractivity contribution in [2.24, 2.45) is 5.92 Å². The summed E-state index contributed by atoms with van der Waals surface area (Å²) in [7, 11) is -1.62. The van der Waals surface area contributed by atoms with E-state index in [1.165, 1.54) is 7.11 Å². The number of hydrogen-bond acceptors (Lipinski definition) is 4.